The molecule has 0 radical (unpaired) electrons. The summed E-state index contributed by atoms with van der Waals surface area (Å²) in [6.45, 7) is 3.57. The van der Waals surface area contributed by atoms with Crippen LogP contribution in [-0.2, 0) is 10.0 Å². The van der Waals surface area contributed by atoms with Crippen LogP contribution in [0.25, 0.3) is 0 Å². The molecule has 0 heterocycles. The van der Waals surface area contributed by atoms with Crippen LogP contribution in [0, 0.1) is 6.92 Å². The molecule has 20 heavy (non-hydrogen) atoms. The van der Waals surface area contributed by atoms with Crippen LogP contribution in [0.2, 0.25) is 0 Å². The summed E-state index contributed by atoms with van der Waals surface area (Å²) in [7, 11) is -3.60. The van der Waals surface area contributed by atoms with Crippen LogP contribution in [0.15, 0.2) is 53.4 Å². The van der Waals surface area contributed by atoms with Gasteiger partial charge in [0, 0.05) is 5.69 Å². The fourth-order valence-corrected chi connectivity index (χ4v) is 2.82. The third-order valence-electron chi connectivity index (χ3n) is 2.98. The molecule has 0 aromatic heterocycles. The van der Waals surface area contributed by atoms with Crippen LogP contribution in [0.1, 0.15) is 24.2 Å². The second-order valence-corrected chi connectivity index (χ2v) is 6.40. The van der Waals surface area contributed by atoms with E-state index in [0.29, 0.717) is 11.3 Å². The lowest BCUT2D eigenvalue weighted by Crippen LogP contribution is -2.13. The molecule has 2 rings (SSSR count). The molecule has 0 aliphatic heterocycles. The number of aliphatic hydroxyl groups excluding tert-OH is 1. The summed E-state index contributed by atoms with van der Waals surface area (Å²) in [5, 5.41) is 9.41. The molecule has 1 atom stereocenters. The van der Waals surface area contributed by atoms with Gasteiger partial charge in [-0.15, -0.1) is 0 Å². The predicted octanol–water partition coefficient (Wildman–Crippen LogP) is 2.85. The molecule has 0 amide bonds. The molecule has 0 saturated carbocycles. The van der Waals surface area contributed by atoms with Gasteiger partial charge in [-0.25, -0.2) is 8.42 Å². The Morgan fingerprint density at radius 2 is 1.55 bits per heavy atom. The smallest absolute Gasteiger partial charge is 0.261 e. The monoisotopic (exact) mass is 291 g/mol. The van der Waals surface area contributed by atoms with Gasteiger partial charge in [-0.1, -0.05) is 29.8 Å². The van der Waals surface area contributed by atoms with E-state index in [1.54, 1.807) is 31.2 Å². The Hall–Kier alpha value is -1.85. The Balaban J connectivity index is 2.23. The van der Waals surface area contributed by atoms with Gasteiger partial charge in [0.25, 0.3) is 10.0 Å². The van der Waals surface area contributed by atoms with E-state index >= 15 is 0 Å². The van der Waals surface area contributed by atoms with E-state index in [2.05, 4.69) is 4.72 Å². The Bertz CT molecular complexity index is 674. The molecule has 0 bridgehead atoms. The van der Waals surface area contributed by atoms with E-state index in [0.717, 1.165) is 5.56 Å². The lowest BCUT2D eigenvalue weighted by molar-refractivity contribution is 0.199. The molecule has 0 fully saturated rings. The molecule has 0 aliphatic rings. The van der Waals surface area contributed by atoms with E-state index < -0.39 is 16.1 Å². The molecular formula is C15H17NO3S. The molecule has 5 heteroatoms. The average molecular weight is 291 g/mol. The number of benzene rings is 2. The highest BCUT2D eigenvalue weighted by Gasteiger charge is 2.14. The average Bonchev–Trinajstić information content (AvgIpc) is 2.41. The van der Waals surface area contributed by atoms with Gasteiger partial charge >= 0.3 is 0 Å². The number of hydrogen-bond donors (Lipinski definition) is 2. The zero-order valence-corrected chi connectivity index (χ0v) is 12.2. The number of anilines is 1. The van der Waals surface area contributed by atoms with Crippen molar-refractivity contribution in [1.82, 2.24) is 0 Å². The summed E-state index contributed by atoms with van der Waals surface area (Å²) in [5.41, 5.74) is 2.27. The van der Waals surface area contributed by atoms with Crippen molar-refractivity contribution < 1.29 is 13.5 Å². The van der Waals surface area contributed by atoms with Gasteiger partial charge in [0.15, 0.2) is 0 Å². The molecule has 2 aromatic carbocycles. The first-order chi connectivity index (χ1) is 9.38. The van der Waals surface area contributed by atoms with Gasteiger partial charge in [0.05, 0.1) is 11.0 Å². The fourth-order valence-electron chi connectivity index (χ4n) is 1.76. The van der Waals surface area contributed by atoms with Crippen LogP contribution >= 0.6 is 0 Å². The van der Waals surface area contributed by atoms with Crippen LogP contribution < -0.4 is 4.72 Å². The van der Waals surface area contributed by atoms with Crippen LogP contribution in [-0.4, -0.2) is 13.5 Å². The summed E-state index contributed by atoms with van der Waals surface area (Å²) in [5.74, 6) is 0. The minimum Gasteiger partial charge on any atom is -0.389 e. The standard InChI is InChI=1S/C15H17NO3S/c1-11-3-7-14(8-4-11)16-20(18,19)15-9-5-13(6-10-15)12(2)17/h3-10,12,16-17H,1-2H3. The van der Waals surface area contributed by atoms with E-state index in [9.17, 15) is 13.5 Å². The molecule has 4 nitrogen and oxygen atoms in total. The number of sulfonamides is 1. The molecule has 2 aromatic rings. The molecule has 106 valence electrons. The molecule has 0 aliphatic carbocycles. The lowest BCUT2D eigenvalue weighted by Gasteiger charge is -2.10. The van der Waals surface area contributed by atoms with E-state index in [1.165, 1.54) is 12.1 Å². The number of aryl methyl sites for hydroxylation is 1. The molecule has 2 N–H and O–H groups in total. The van der Waals surface area contributed by atoms with Crippen molar-refractivity contribution in [3.05, 3.63) is 59.7 Å². The van der Waals surface area contributed by atoms with Crippen LogP contribution in [0.3, 0.4) is 0 Å². The maximum absolute atomic E-state index is 12.2. The van der Waals surface area contributed by atoms with Crippen molar-refractivity contribution in [1.29, 1.82) is 0 Å². The molecular weight excluding hydrogens is 274 g/mol. The van der Waals surface area contributed by atoms with Gasteiger partial charge in [-0.05, 0) is 43.7 Å². The maximum Gasteiger partial charge on any atom is 0.261 e. The Morgan fingerprint density at radius 1 is 1.00 bits per heavy atom. The summed E-state index contributed by atoms with van der Waals surface area (Å²) < 4.78 is 26.9. The van der Waals surface area contributed by atoms with Crippen molar-refractivity contribution in [3.8, 4) is 0 Å². The van der Waals surface area contributed by atoms with Gasteiger partial charge in [-0.2, -0.15) is 0 Å². The zero-order chi connectivity index (χ0) is 14.8. The van der Waals surface area contributed by atoms with Crippen molar-refractivity contribution in [2.45, 2.75) is 24.8 Å². The maximum atomic E-state index is 12.2. The Morgan fingerprint density at radius 3 is 2.05 bits per heavy atom. The normalized spacial score (nSPS) is 12.9. The SMILES string of the molecule is Cc1ccc(NS(=O)(=O)c2ccc(C(C)O)cc2)cc1. The van der Waals surface area contributed by atoms with Gasteiger partial charge in [-0.3, -0.25) is 4.72 Å². The van der Waals surface area contributed by atoms with Crippen molar-refractivity contribution in [2.24, 2.45) is 0 Å². The summed E-state index contributed by atoms with van der Waals surface area (Å²) in [6.07, 6.45) is -0.614. The third kappa shape index (κ3) is 3.37. The highest BCUT2D eigenvalue weighted by atomic mass is 32.2. The molecule has 0 spiro atoms. The predicted molar refractivity (Wildman–Crippen MR) is 79.1 cm³/mol. The Kier molecular flexibility index (Phi) is 4.11. The summed E-state index contributed by atoms with van der Waals surface area (Å²) >= 11 is 0. The fraction of sp³-hybridized carbons (Fsp3) is 0.200. The second kappa shape index (κ2) is 5.64. The highest BCUT2D eigenvalue weighted by molar-refractivity contribution is 7.92. The highest BCUT2D eigenvalue weighted by Crippen LogP contribution is 2.19. The van der Waals surface area contributed by atoms with Crippen LogP contribution in [0.4, 0.5) is 5.69 Å². The first-order valence-corrected chi connectivity index (χ1v) is 7.74. The minimum absolute atomic E-state index is 0.169. The van der Waals surface area contributed by atoms with Crippen LogP contribution in [0.5, 0.6) is 0 Å². The Labute approximate surface area is 119 Å². The van der Waals surface area contributed by atoms with Crippen molar-refractivity contribution in [2.75, 3.05) is 4.72 Å². The van der Waals surface area contributed by atoms with E-state index in [1.807, 2.05) is 19.1 Å². The number of nitrogens with one attached hydrogen (secondary N) is 1. The first-order valence-electron chi connectivity index (χ1n) is 6.26. The van der Waals surface area contributed by atoms with E-state index in [-0.39, 0.29) is 4.90 Å². The van der Waals surface area contributed by atoms with Crippen molar-refractivity contribution >= 4 is 15.7 Å². The summed E-state index contributed by atoms with van der Waals surface area (Å²) in [4.78, 5) is 0.169. The van der Waals surface area contributed by atoms with E-state index in [4.69, 9.17) is 0 Å². The third-order valence-corrected chi connectivity index (χ3v) is 4.37. The lowest BCUT2D eigenvalue weighted by atomic mass is 10.1. The summed E-state index contributed by atoms with van der Waals surface area (Å²) in [6, 6.07) is 13.3. The molecule has 0 saturated heterocycles. The molecule has 1 unspecified atom stereocenters. The number of rotatable bonds is 4. The number of aliphatic hydroxyl groups is 1. The topological polar surface area (TPSA) is 66.4 Å². The van der Waals surface area contributed by atoms with Gasteiger partial charge in [0.1, 0.15) is 0 Å². The zero-order valence-electron chi connectivity index (χ0n) is 11.4. The quantitative estimate of drug-likeness (QED) is 0.910. The van der Waals surface area contributed by atoms with Gasteiger partial charge in [0.2, 0.25) is 0 Å². The van der Waals surface area contributed by atoms with Crippen molar-refractivity contribution in [3.63, 3.8) is 0 Å². The number of hydrogen-bond acceptors (Lipinski definition) is 3. The minimum atomic E-state index is -3.60. The largest absolute Gasteiger partial charge is 0.389 e. The van der Waals surface area contributed by atoms with Gasteiger partial charge < -0.3 is 5.11 Å². The first kappa shape index (κ1) is 14.6. The second-order valence-electron chi connectivity index (χ2n) is 4.72.